The van der Waals surface area contributed by atoms with E-state index in [1.165, 1.54) is 38.3 Å². The maximum Gasteiger partial charge on any atom is 0.347 e. The fourth-order valence-corrected chi connectivity index (χ4v) is 2.83. The van der Waals surface area contributed by atoms with Crippen LogP contribution >= 0.6 is 0 Å². The molecule has 0 aliphatic rings. The van der Waals surface area contributed by atoms with Gasteiger partial charge in [0.05, 0.1) is 13.5 Å². The van der Waals surface area contributed by atoms with Crippen LogP contribution in [0, 0.1) is 19.7 Å². The molecule has 0 spiro atoms. The van der Waals surface area contributed by atoms with E-state index in [2.05, 4.69) is 4.74 Å². The smallest absolute Gasteiger partial charge is 0.347 e. The third-order valence-electron chi connectivity index (χ3n) is 4.45. The lowest BCUT2D eigenvalue weighted by Crippen LogP contribution is -2.28. The van der Waals surface area contributed by atoms with E-state index in [-0.39, 0.29) is 18.2 Å². The van der Waals surface area contributed by atoms with Gasteiger partial charge in [0.2, 0.25) is 5.78 Å². The first-order chi connectivity index (χ1) is 13.7. The van der Waals surface area contributed by atoms with Crippen LogP contribution in [0.2, 0.25) is 0 Å². The zero-order valence-corrected chi connectivity index (χ0v) is 16.9. The zero-order valence-electron chi connectivity index (χ0n) is 16.9. The molecule has 0 saturated carbocycles. The second-order valence-corrected chi connectivity index (χ2v) is 6.51. The Morgan fingerprint density at radius 2 is 1.79 bits per heavy atom. The molecule has 0 unspecified atom stereocenters. The van der Waals surface area contributed by atoms with Crippen LogP contribution in [0.25, 0.3) is 0 Å². The molecule has 2 rings (SSSR count). The average molecular weight is 405 g/mol. The number of hydrogen-bond acceptors (Lipinski definition) is 6. The van der Waals surface area contributed by atoms with E-state index in [1.54, 1.807) is 13.0 Å². The highest BCUT2D eigenvalue weighted by Crippen LogP contribution is 2.17. The van der Waals surface area contributed by atoms with Crippen LogP contribution in [0.5, 0.6) is 5.75 Å². The topological polar surface area (TPSA) is 83.8 Å². The molecule has 2 aromatic rings. The second-order valence-electron chi connectivity index (χ2n) is 6.51. The number of nitrogens with zero attached hydrogens (tertiary/aromatic N) is 1. The molecule has 1 aromatic carbocycles. The number of carbonyl (C=O) groups is 3. The van der Waals surface area contributed by atoms with Gasteiger partial charge in [0, 0.05) is 23.5 Å². The van der Waals surface area contributed by atoms with E-state index in [4.69, 9.17) is 9.47 Å². The predicted molar refractivity (Wildman–Crippen MR) is 102 cm³/mol. The molecular weight excluding hydrogens is 381 g/mol. The van der Waals surface area contributed by atoms with Crippen molar-refractivity contribution in [3.8, 4) is 5.75 Å². The van der Waals surface area contributed by atoms with Gasteiger partial charge >= 0.3 is 11.9 Å². The number of aryl methyl sites for hydroxylation is 1. The van der Waals surface area contributed by atoms with Gasteiger partial charge in [0.25, 0.3) is 0 Å². The van der Waals surface area contributed by atoms with Gasteiger partial charge in [-0.3, -0.25) is 9.59 Å². The molecule has 0 saturated heterocycles. The largest absolute Gasteiger partial charge is 0.479 e. The maximum atomic E-state index is 12.9. The van der Waals surface area contributed by atoms with Crippen molar-refractivity contribution in [2.24, 2.45) is 0 Å². The number of benzene rings is 1. The summed E-state index contributed by atoms with van der Waals surface area (Å²) in [5, 5.41) is 0. The number of methoxy groups -OCH3 is 1. The highest BCUT2D eigenvalue weighted by atomic mass is 19.1. The van der Waals surface area contributed by atoms with Crippen molar-refractivity contribution in [3.63, 3.8) is 0 Å². The molecule has 1 atom stereocenters. The van der Waals surface area contributed by atoms with E-state index < -0.39 is 24.5 Å². The van der Waals surface area contributed by atoms with E-state index in [0.717, 1.165) is 5.69 Å². The van der Waals surface area contributed by atoms with Crippen molar-refractivity contribution in [2.45, 2.75) is 39.8 Å². The highest BCUT2D eigenvalue weighted by Gasteiger charge is 2.21. The van der Waals surface area contributed by atoms with Gasteiger partial charge in [-0.1, -0.05) is 0 Å². The molecule has 0 aliphatic carbocycles. The molecule has 0 amide bonds. The summed E-state index contributed by atoms with van der Waals surface area (Å²) < 4.78 is 29.8. The number of hydrogen-bond donors (Lipinski definition) is 0. The number of aromatic nitrogens is 1. The Labute approximate surface area is 168 Å². The Morgan fingerprint density at radius 1 is 1.14 bits per heavy atom. The summed E-state index contributed by atoms with van der Waals surface area (Å²) in [6.07, 6.45) is -0.769. The summed E-state index contributed by atoms with van der Waals surface area (Å²) in [7, 11) is 1.32. The molecule has 29 heavy (non-hydrogen) atoms. The first kappa shape index (κ1) is 22.1. The molecular formula is C21H24FNO6. The summed E-state index contributed by atoms with van der Waals surface area (Å²) in [4.78, 5) is 35.9. The minimum Gasteiger partial charge on any atom is -0.479 e. The molecule has 0 fully saturated rings. The Hall–Kier alpha value is -3.16. The summed E-state index contributed by atoms with van der Waals surface area (Å²) in [6, 6.07) is 6.92. The molecule has 7 nitrogen and oxygen atoms in total. The van der Waals surface area contributed by atoms with Crippen molar-refractivity contribution >= 4 is 17.7 Å². The minimum absolute atomic E-state index is 0.188. The van der Waals surface area contributed by atoms with E-state index in [0.29, 0.717) is 23.6 Å². The van der Waals surface area contributed by atoms with Crippen molar-refractivity contribution < 1.29 is 33.0 Å². The van der Waals surface area contributed by atoms with Gasteiger partial charge in [0.15, 0.2) is 12.7 Å². The lowest BCUT2D eigenvalue weighted by molar-refractivity contribution is -0.149. The van der Waals surface area contributed by atoms with Gasteiger partial charge in [-0.2, -0.15) is 0 Å². The number of rotatable bonds is 9. The lowest BCUT2D eigenvalue weighted by atomic mass is 10.1. The minimum atomic E-state index is -0.958. The lowest BCUT2D eigenvalue weighted by Gasteiger charge is -2.13. The molecule has 1 heterocycles. The third-order valence-corrected chi connectivity index (χ3v) is 4.45. The molecule has 0 radical (unpaired) electrons. The van der Waals surface area contributed by atoms with Crippen LogP contribution in [0.3, 0.4) is 0 Å². The number of halogens is 1. The number of ether oxygens (including phenoxy) is 3. The molecule has 0 bridgehead atoms. The van der Waals surface area contributed by atoms with Crippen LogP contribution < -0.4 is 4.74 Å². The van der Waals surface area contributed by atoms with Crippen LogP contribution in [-0.4, -0.2) is 42.1 Å². The van der Waals surface area contributed by atoms with Crippen LogP contribution in [0.4, 0.5) is 4.39 Å². The van der Waals surface area contributed by atoms with Crippen LogP contribution in [0.15, 0.2) is 30.3 Å². The second kappa shape index (κ2) is 9.86. The van der Waals surface area contributed by atoms with Crippen molar-refractivity contribution in [2.75, 3.05) is 13.7 Å². The Bertz CT molecular complexity index is 887. The van der Waals surface area contributed by atoms with Crippen LogP contribution in [0.1, 0.15) is 35.1 Å². The predicted octanol–water partition coefficient (Wildman–Crippen LogP) is 3.00. The maximum absolute atomic E-state index is 12.9. The van der Waals surface area contributed by atoms with E-state index >= 15 is 0 Å². The molecule has 1 aromatic heterocycles. The number of carbonyl (C=O) groups excluding carboxylic acids is 3. The molecule has 0 N–H and O–H groups in total. The quantitative estimate of drug-likeness (QED) is 0.471. The Morgan fingerprint density at radius 3 is 2.41 bits per heavy atom. The molecule has 156 valence electrons. The number of ketones is 1. The summed E-state index contributed by atoms with van der Waals surface area (Å²) in [5.74, 6) is -1.50. The van der Waals surface area contributed by atoms with Crippen molar-refractivity contribution in [3.05, 3.63) is 53.1 Å². The van der Waals surface area contributed by atoms with Crippen molar-refractivity contribution in [1.29, 1.82) is 0 Å². The van der Waals surface area contributed by atoms with Gasteiger partial charge in [0.1, 0.15) is 11.6 Å². The molecule has 8 heteroatoms. The zero-order chi connectivity index (χ0) is 21.6. The standard InChI is InChI=1S/C21H24FNO6/c1-13-11-18(14(2)23(13)10-9-20(25)27-4)19(24)12-28-21(26)15(3)29-17-7-5-16(22)6-8-17/h5-8,11,15H,9-10,12H2,1-4H3/t15-/m0/s1. The summed E-state index contributed by atoms with van der Waals surface area (Å²) in [5.41, 5.74) is 1.92. The average Bonchev–Trinajstić information content (AvgIpc) is 2.99. The number of esters is 2. The highest BCUT2D eigenvalue weighted by molar-refractivity contribution is 5.99. The normalized spacial score (nSPS) is 11.6. The monoisotopic (exact) mass is 405 g/mol. The van der Waals surface area contributed by atoms with E-state index in [9.17, 15) is 18.8 Å². The SMILES string of the molecule is COC(=O)CCn1c(C)cc(C(=O)COC(=O)[C@H](C)Oc2ccc(F)cc2)c1C. The van der Waals surface area contributed by atoms with Gasteiger partial charge < -0.3 is 18.8 Å². The third kappa shape index (κ3) is 5.91. The fourth-order valence-electron chi connectivity index (χ4n) is 2.83. The summed E-state index contributed by atoms with van der Waals surface area (Å²) >= 11 is 0. The Kier molecular flexibility index (Phi) is 7.52. The van der Waals surface area contributed by atoms with E-state index in [1.807, 2.05) is 11.5 Å². The Balaban J connectivity index is 1.93. The van der Waals surface area contributed by atoms with Gasteiger partial charge in [-0.05, 0) is 51.1 Å². The summed E-state index contributed by atoms with van der Waals surface area (Å²) in [6.45, 7) is 5.03. The van der Waals surface area contributed by atoms with Gasteiger partial charge in [-0.15, -0.1) is 0 Å². The van der Waals surface area contributed by atoms with Gasteiger partial charge in [-0.25, -0.2) is 9.18 Å². The first-order valence-electron chi connectivity index (χ1n) is 9.08. The molecule has 0 aliphatic heterocycles. The first-order valence-corrected chi connectivity index (χ1v) is 9.08. The van der Waals surface area contributed by atoms with Crippen LogP contribution in [-0.2, 0) is 25.6 Å². The fraction of sp³-hybridized carbons (Fsp3) is 0.381. The van der Waals surface area contributed by atoms with Crippen molar-refractivity contribution in [1.82, 2.24) is 4.57 Å². The number of Topliss-reactive ketones (excluding diaryl/α,β-unsaturated/α-hetero) is 1.